The fourth-order valence-electron chi connectivity index (χ4n) is 1.28. The van der Waals surface area contributed by atoms with Crippen LogP contribution in [-0.4, -0.2) is 61.2 Å². The predicted octanol–water partition coefficient (Wildman–Crippen LogP) is 1.18. The van der Waals surface area contributed by atoms with Crippen LogP contribution in [0, 0.1) is 0 Å². The van der Waals surface area contributed by atoms with Crippen molar-refractivity contribution in [2.45, 2.75) is 51.4 Å². The Bertz CT molecular complexity index is 69.3. The Morgan fingerprint density at radius 3 is 0.923 bits per heavy atom. The molecule has 0 rings (SSSR count). The molecule has 0 aliphatic rings. The summed E-state index contributed by atoms with van der Waals surface area (Å²) < 4.78 is 0. The van der Waals surface area contributed by atoms with Crippen molar-refractivity contribution in [3.8, 4) is 0 Å². The van der Waals surface area contributed by atoms with Gasteiger partial charge < -0.3 is 10.2 Å². The summed E-state index contributed by atoms with van der Waals surface area (Å²) in [7, 11) is 0. The van der Waals surface area contributed by atoms with Gasteiger partial charge in [0, 0.05) is 13.2 Å². The SMILES string of the molecule is OCCCCCCCCCCO.[CaH2]. The molecule has 0 bridgehead atoms. The Kier molecular flexibility index (Phi) is 20.0. The Labute approximate surface area is 112 Å². The molecule has 0 saturated heterocycles. The molecule has 0 unspecified atom stereocenters. The van der Waals surface area contributed by atoms with Gasteiger partial charge in [-0.1, -0.05) is 38.5 Å². The van der Waals surface area contributed by atoms with Crippen LogP contribution in [0.15, 0.2) is 0 Å². The second kappa shape index (κ2) is 15.6. The molecule has 0 aromatic rings. The molecular weight excluding hydrogens is 192 g/mol. The second-order valence-electron chi connectivity index (χ2n) is 3.28. The third-order valence-corrected chi connectivity index (χ3v) is 2.07. The Hall–Kier alpha value is 1.18. The molecule has 78 valence electrons. The summed E-state index contributed by atoms with van der Waals surface area (Å²) in [4.78, 5) is 0. The number of hydrogen-bond donors (Lipinski definition) is 2. The van der Waals surface area contributed by atoms with Crippen molar-refractivity contribution >= 4 is 37.7 Å². The molecule has 2 N–H and O–H groups in total. The Morgan fingerprint density at radius 1 is 0.462 bits per heavy atom. The summed E-state index contributed by atoms with van der Waals surface area (Å²) in [5.41, 5.74) is 0. The zero-order chi connectivity index (χ0) is 9.07. The zero-order valence-electron chi connectivity index (χ0n) is 7.97. The predicted molar refractivity (Wildman–Crippen MR) is 59.7 cm³/mol. The molecule has 0 atom stereocenters. The van der Waals surface area contributed by atoms with Crippen molar-refractivity contribution in [1.29, 1.82) is 0 Å². The molecule has 0 aliphatic carbocycles. The van der Waals surface area contributed by atoms with Crippen molar-refractivity contribution in [2.75, 3.05) is 13.2 Å². The molecule has 13 heavy (non-hydrogen) atoms. The third kappa shape index (κ3) is 15.9. The van der Waals surface area contributed by atoms with Crippen LogP contribution >= 0.6 is 0 Å². The summed E-state index contributed by atoms with van der Waals surface area (Å²) >= 11 is 0. The van der Waals surface area contributed by atoms with Crippen LogP contribution in [0.3, 0.4) is 0 Å². The summed E-state index contributed by atoms with van der Waals surface area (Å²) in [6.07, 6.45) is 9.30. The van der Waals surface area contributed by atoms with Gasteiger partial charge in [-0.3, -0.25) is 0 Å². The molecule has 0 amide bonds. The molecule has 0 aromatic carbocycles. The van der Waals surface area contributed by atoms with Gasteiger partial charge in [-0.05, 0) is 12.8 Å². The molecule has 0 fully saturated rings. The average molecular weight is 216 g/mol. The fraction of sp³-hybridized carbons (Fsp3) is 1.00. The summed E-state index contributed by atoms with van der Waals surface area (Å²) in [6.45, 7) is 0.676. The van der Waals surface area contributed by atoms with Gasteiger partial charge in [-0.15, -0.1) is 0 Å². The number of hydrogen-bond acceptors (Lipinski definition) is 2. The first-order chi connectivity index (χ1) is 5.91. The number of aliphatic hydroxyl groups is 2. The van der Waals surface area contributed by atoms with Gasteiger partial charge in [0.25, 0.3) is 0 Å². The van der Waals surface area contributed by atoms with Gasteiger partial charge in [-0.25, -0.2) is 0 Å². The van der Waals surface area contributed by atoms with E-state index in [0.29, 0.717) is 13.2 Å². The third-order valence-electron chi connectivity index (χ3n) is 2.07. The van der Waals surface area contributed by atoms with Crippen LogP contribution in [0.5, 0.6) is 0 Å². The van der Waals surface area contributed by atoms with E-state index < -0.39 is 0 Å². The molecule has 2 nitrogen and oxygen atoms in total. The van der Waals surface area contributed by atoms with Crippen molar-refractivity contribution in [3.05, 3.63) is 0 Å². The summed E-state index contributed by atoms with van der Waals surface area (Å²) in [6, 6.07) is 0. The van der Waals surface area contributed by atoms with Crippen molar-refractivity contribution < 1.29 is 10.2 Å². The van der Waals surface area contributed by atoms with E-state index in [1.807, 2.05) is 0 Å². The maximum atomic E-state index is 8.51. The van der Waals surface area contributed by atoms with Gasteiger partial charge in [0.2, 0.25) is 0 Å². The fourth-order valence-corrected chi connectivity index (χ4v) is 1.28. The number of unbranched alkanes of at least 4 members (excludes halogenated alkanes) is 7. The Balaban J connectivity index is 0. The average Bonchev–Trinajstić information content (AvgIpc) is 2.10. The Morgan fingerprint density at radius 2 is 0.692 bits per heavy atom. The van der Waals surface area contributed by atoms with Crippen LogP contribution < -0.4 is 0 Å². The minimum absolute atomic E-state index is 0. The molecule has 0 aromatic heterocycles. The van der Waals surface area contributed by atoms with E-state index in [4.69, 9.17) is 10.2 Å². The van der Waals surface area contributed by atoms with Crippen molar-refractivity contribution in [3.63, 3.8) is 0 Å². The monoisotopic (exact) mass is 216 g/mol. The molecule has 0 radical (unpaired) electrons. The normalized spacial score (nSPS) is 9.69. The molecule has 0 aliphatic heterocycles. The van der Waals surface area contributed by atoms with E-state index in [9.17, 15) is 0 Å². The molecule has 0 saturated carbocycles. The van der Waals surface area contributed by atoms with Crippen LogP contribution in [0.2, 0.25) is 0 Å². The van der Waals surface area contributed by atoms with Crippen LogP contribution in [0.4, 0.5) is 0 Å². The first-order valence-electron chi connectivity index (χ1n) is 5.13. The van der Waals surface area contributed by atoms with Crippen molar-refractivity contribution in [1.82, 2.24) is 0 Å². The van der Waals surface area contributed by atoms with E-state index in [0.717, 1.165) is 25.7 Å². The maximum absolute atomic E-state index is 8.51. The molecule has 0 spiro atoms. The van der Waals surface area contributed by atoms with E-state index in [1.165, 1.54) is 25.7 Å². The molecular formula is C10H24CaO2. The first kappa shape index (κ1) is 16.6. The van der Waals surface area contributed by atoms with Crippen molar-refractivity contribution in [2.24, 2.45) is 0 Å². The summed E-state index contributed by atoms with van der Waals surface area (Å²) in [5, 5.41) is 17.0. The molecule has 3 heteroatoms. The summed E-state index contributed by atoms with van der Waals surface area (Å²) in [5.74, 6) is 0. The van der Waals surface area contributed by atoms with Crippen LogP contribution in [0.25, 0.3) is 0 Å². The van der Waals surface area contributed by atoms with E-state index in [1.54, 1.807) is 0 Å². The van der Waals surface area contributed by atoms with E-state index in [-0.39, 0.29) is 37.7 Å². The standard InChI is InChI=1S/C10H22O2.Ca.2H/c11-9-7-5-3-1-2-4-6-8-10-12;;;/h11-12H,1-10H2;;;. The number of rotatable bonds is 9. The number of aliphatic hydroxyl groups excluding tert-OH is 2. The first-order valence-corrected chi connectivity index (χ1v) is 5.13. The van der Waals surface area contributed by atoms with Crippen LogP contribution in [0.1, 0.15) is 51.4 Å². The zero-order valence-corrected chi connectivity index (χ0v) is 7.97. The van der Waals surface area contributed by atoms with E-state index in [2.05, 4.69) is 0 Å². The molecule has 0 heterocycles. The quantitative estimate of drug-likeness (QED) is 0.449. The van der Waals surface area contributed by atoms with Crippen LogP contribution in [-0.2, 0) is 0 Å². The van der Waals surface area contributed by atoms with Gasteiger partial charge in [0.05, 0.1) is 0 Å². The second-order valence-corrected chi connectivity index (χ2v) is 3.28. The minimum atomic E-state index is 0. The van der Waals surface area contributed by atoms with Gasteiger partial charge >= 0.3 is 37.7 Å². The van der Waals surface area contributed by atoms with E-state index >= 15 is 0 Å². The van der Waals surface area contributed by atoms with Gasteiger partial charge in [0.15, 0.2) is 0 Å². The van der Waals surface area contributed by atoms with Gasteiger partial charge in [0.1, 0.15) is 0 Å². The topological polar surface area (TPSA) is 40.5 Å². The van der Waals surface area contributed by atoms with Gasteiger partial charge in [-0.2, -0.15) is 0 Å².